The number of rotatable bonds is 6. The van der Waals surface area contributed by atoms with Crippen LogP contribution in [0.15, 0.2) is 12.1 Å². The first-order valence-corrected chi connectivity index (χ1v) is 7.55. The van der Waals surface area contributed by atoms with Crippen LogP contribution in [-0.4, -0.2) is 16.7 Å². The van der Waals surface area contributed by atoms with Gasteiger partial charge in [0.25, 0.3) is 0 Å². The van der Waals surface area contributed by atoms with Crippen molar-refractivity contribution in [2.45, 2.75) is 58.5 Å². The smallest absolute Gasteiger partial charge is 0.213 e. The van der Waals surface area contributed by atoms with Gasteiger partial charge in [-0.2, -0.15) is 0 Å². The molecule has 2 rings (SSSR count). The highest BCUT2D eigenvalue weighted by Gasteiger charge is 2.14. The van der Waals surface area contributed by atoms with Crippen LogP contribution < -0.4 is 4.74 Å². The molecule has 1 N–H and O–H groups in total. The second-order valence-corrected chi connectivity index (χ2v) is 5.53. The summed E-state index contributed by atoms with van der Waals surface area (Å²) in [7, 11) is 0. The number of hydrogen-bond donors (Lipinski definition) is 1. The molecule has 0 atom stereocenters. The van der Waals surface area contributed by atoms with Gasteiger partial charge in [0.05, 0.1) is 13.2 Å². The van der Waals surface area contributed by atoms with Crippen LogP contribution in [0.4, 0.5) is 0 Å². The highest BCUT2D eigenvalue weighted by atomic mass is 16.5. The maximum Gasteiger partial charge on any atom is 0.213 e. The third-order valence-electron chi connectivity index (χ3n) is 3.80. The van der Waals surface area contributed by atoms with E-state index in [0.29, 0.717) is 11.8 Å². The van der Waals surface area contributed by atoms with Crippen molar-refractivity contribution in [1.82, 2.24) is 4.98 Å². The minimum atomic E-state index is 0.0546. The fraction of sp³-hybridized carbons (Fsp3) is 0.688. The first-order valence-electron chi connectivity index (χ1n) is 7.55. The van der Waals surface area contributed by atoms with Gasteiger partial charge < -0.3 is 9.84 Å². The van der Waals surface area contributed by atoms with E-state index in [1.807, 2.05) is 12.1 Å². The Balaban J connectivity index is 1.95. The Kier molecular flexibility index (Phi) is 5.64. The maximum absolute atomic E-state index is 9.29. The SMILES string of the molecule is CCCc1cc(CO)cc(OCC2CCCCC2)n1. The lowest BCUT2D eigenvalue weighted by atomic mass is 9.90. The predicted molar refractivity (Wildman–Crippen MR) is 76.2 cm³/mol. The Bertz CT molecular complexity index is 386. The number of nitrogens with zero attached hydrogens (tertiary/aromatic N) is 1. The largest absolute Gasteiger partial charge is 0.477 e. The van der Waals surface area contributed by atoms with Crippen LogP contribution in [0.5, 0.6) is 5.88 Å². The first-order chi connectivity index (χ1) is 9.31. The molecule has 1 fully saturated rings. The molecule has 1 saturated carbocycles. The number of ether oxygens (including phenoxy) is 1. The molecule has 0 unspecified atom stereocenters. The average Bonchev–Trinajstić information content (AvgIpc) is 2.46. The molecule has 1 aromatic rings. The maximum atomic E-state index is 9.29. The molecule has 3 nitrogen and oxygen atoms in total. The minimum absolute atomic E-state index is 0.0546. The van der Waals surface area contributed by atoms with E-state index in [9.17, 15) is 5.11 Å². The summed E-state index contributed by atoms with van der Waals surface area (Å²) >= 11 is 0. The lowest BCUT2D eigenvalue weighted by molar-refractivity contribution is 0.201. The quantitative estimate of drug-likeness (QED) is 0.854. The Morgan fingerprint density at radius 3 is 2.74 bits per heavy atom. The second kappa shape index (κ2) is 7.49. The summed E-state index contributed by atoms with van der Waals surface area (Å²) < 4.78 is 5.85. The van der Waals surface area contributed by atoms with Crippen molar-refractivity contribution in [1.29, 1.82) is 0 Å². The van der Waals surface area contributed by atoms with Gasteiger partial charge in [-0.3, -0.25) is 0 Å². The van der Waals surface area contributed by atoms with Crippen LogP contribution in [0.25, 0.3) is 0 Å². The van der Waals surface area contributed by atoms with E-state index >= 15 is 0 Å². The van der Waals surface area contributed by atoms with E-state index in [4.69, 9.17) is 4.74 Å². The normalized spacial score (nSPS) is 16.5. The summed E-state index contributed by atoms with van der Waals surface area (Å²) in [6.07, 6.45) is 8.59. The zero-order chi connectivity index (χ0) is 13.5. The lowest BCUT2D eigenvalue weighted by Gasteiger charge is -2.21. The second-order valence-electron chi connectivity index (χ2n) is 5.53. The van der Waals surface area contributed by atoms with Gasteiger partial charge in [0, 0.05) is 11.8 Å². The van der Waals surface area contributed by atoms with Gasteiger partial charge in [-0.15, -0.1) is 0 Å². The van der Waals surface area contributed by atoms with Crippen molar-refractivity contribution >= 4 is 0 Å². The average molecular weight is 263 g/mol. The Morgan fingerprint density at radius 1 is 1.26 bits per heavy atom. The monoisotopic (exact) mass is 263 g/mol. The number of aromatic nitrogens is 1. The molecule has 1 aromatic heterocycles. The molecule has 0 aromatic carbocycles. The summed E-state index contributed by atoms with van der Waals surface area (Å²) in [6.45, 7) is 2.96. The standard InChI is InChI=1S/C16H25NO2/c1-2-6-15-9-14(11-18)10-16(17-15)19-12-13-7-4-3-5-8-13/h9-10,13,18H,2-8,11-12H2,1H3. The van der Waals surface area contributed by atoms with Crippen molar-refractivity contribution in [3.63, 3.8) is 0 Å². The molecule has 1 aliphatic rings. The molecular weight excluding hydrogens is 238 g/mol. The Labute approximate surface area is 116 Å². The topological polar surface area (TPSA) is 42.4 Å². The Morgan fingerprint density at radius 2 is 2.05 bits per heavy atom. The van der Waals surface area contributed by atoms with Gasteiger partial charge in [-0.25, -0.2) is 4.98 Å². The lowest BCUT2D eigenvalue weighted by Crippen LogP contribution is -2.16. The summed E-state index contributed by atoms with van der Waals surface area (Å²) in [5.41, 5.74) is 1.92. The number of hydrogen-bond acceptors (Lipinski definition) is 3. The fourth-order valence-electron chi connectivity index (χ4n) is 2.73. The molecule has 3 heteroatoms. The van der Waals surface area contributed by atoms with E-state index in [0.717, 1.165) is 30.7 Å². The summed E-state index contributed by atoms with van der Waals surface area (Å²) in [5.74, 6) is 1.36. The van der Waals surface area contributed by atoms with Crippen molar-refractivity contribution in [3.05, 3.63) is 23.4 Å². The third-order valence-corrected chi connectivity index (χ3v) is 3.80. The summed E-state index contributed by atoms with van der Waals surface area (Å²) in [6, 6.07) is 3.83. The van der Waals surface area contributed by atoms with Crippen LogP contribution >= 0.6 is 0 Å². The van der Waals surface area contributed by atoms with Gasteiger partial charge in [-0.05, 0) is 36.8 Å². The number of pyridine rings is 1. The molecule has 0 bridgehead atoms. The summed E-state index contributed by atoms with van der Waals surface area (Å²) in [5, 5.41) is 9.29. The van der Waals surface area contributed by atoms with Crippen molar-refractivity contribution in [2.75, 3.05) is 6.61 Å². The Hall–Kier alpha value is -1.09. The molecule has 0 amide bonds. The molecule has 106 valence electrons. The number of aryl methyl sites for hydroxylation is 1. The number of aliphatic hydroxyl groups excluding tert-OH is 1. The molecule has 1 aliphatic carbocycles. The highest BCUT2D eigenvalue weighted by Crippen LogP contribution is 2.24. The minimum Gasteiger partial charge on any atom is -0.477 e. The highest BCUT2D eigenvalue weighted by molar-refractivity contribution is 5.24. The zero-order valence-electron chi connectivity index (χ0n) is 11.9. The molecule has 0 spiro atoms. The molecule has 0 saturated heterocycles. The number of aliphatic hydroxyl groups is 1. The van der Waals surface area contributed by atoms with Crippen LogP contribution in [0.3, 0.4) is 0 Å². The van der Waals surface area contributed by atoms with Gasteiger partial charge in [0.2, 0.25) is 5.88 Å². The summed E-state index contributed by atoms with van der Waals surface area (Å²) in [4.78, 5) is 4.52. The van der Waals surface area contributed by atoms with E-state index < -0.39 is 0 Å². The van der Waals surface area contributed by atoms with Gasteiger partial charge in [-0.1, -0.05) is 32.6 Å². The molecule has 0 aliphatic heterocycles. The van der Waals surface area contributed by atoms with E-state index in [2.05, 4.69) is 11.9 Å². The molecule has 0 radical (unpaired) electrons. The molecular formula is C16H25NO2. The van der Waals surface area contributed by atoms with Crippen LogP contribution in [0.2, 0.25) is 0 Å². The predicted octanol–water partition coefficient (Wildman–Crippen LogP) is 3.49. The van der Waals surface area contributed by atoms with E-state index in [-0.39, 0.29) is 6.61 Å². The van der Waals surface area contributed by atoms with Gasteiger partial charge in [0.1, 0.15) is 0 Å². The molecule has 19 heavy (non-hydrogen) atoms. The first kappa shape index (κ1) is 14.3. The van der Waals surface area contributed by atoms with Crippen LogP contribution in [-0.2, 0) is 13.0 Å². The van der Waals surface area contributed by atoms with Crippen molar-refractivity contribution in [2.24, 2.45) is 5.92 Å². The van der Waals surface area contributed by atoms with Crippen LogP contribution in [0.1, 0.15) is 56.7 Å². The third kappa shape index (κ3) is 4.50. The molecule has 1 heterocycles. The van der Waals surface area contributed by atoms with E-state index in [1.54, 1.807) is 0 Å². The van der Waals surface area contributed by atoms with Crippen molar-refractivity contribution in [3.8, 4) is 5.88 Å². The van der Waals surface area contributed by atoms with Gasteiger partial charge in [0.15, 0.2) is 0 Å². The van der Waals surface area contributed by atoms with Gasteiger partial charge >= 0.3 is 0 Å². The zero-order valence-corrected chi connectivity index (χ0v) is 11.9. The fourth-order valence-corrected chi connectivity index (χ4v) is 2.73. The van der Waals surface area contributed by atoms with Crippen molar-refractivity contribution < 1.29 is 9.84 Å². The van der Waals surface area contributed by atoms with Crippen LogP contribution in [0, 0.1) is 5.92 Å². The van der Waals surface area contributed by atoms with E-state index in [1.165, 1.54) is 32.1 Å².